The SMILES string of the molecule is CNC1CCN(CC(=O)Nc2nc(C)cs2)C1.Cl. The molecule has 18 heavy (non-hydrogen) atoms. The number of anilines is 1. The van der Waals surface area contributed by atoms with Gasteiger partial charge in [-0.1, -0.05) is 0 Å². The maximum Gasteiger partial charge on any atom is 0.240 e. The summed E-state index contributed by atoms with van der Waals surface area (Å²) in [6.45, 7) is 4.30. The van der Waals surface area contributed by atoms with Crippen molar-refractivity contribution in [1.82, 2.24) is 15.2 Å². The highest BCUT2D eigenvalue weighted by atomic mass is 35.5. The lowest BCUT2D eigenvalue weighted by molar-refractivity contribution is -0.117. The molecule has 0 spiro atoms. The first-order chi connectivity index (χ1) is 8.17. The zero-order valence-corrected chi connectivity index (χ0v) is 12.2. The van der Waals surface area contributed by atoms with E-state index in [0.29, 0.717) is 17.7 Å². The van der Waals surface area contributed by atoms with E-state index in [1.165, 1.54) is 11.3 Å². The van der Waals surface area contributed by atoms with Crippen LogP contribution < -0.4 is 10.6 Å². The van der Waals surface area contributed by atoms with Crippen LogP contribution in [0.4, 0.5) is 5.13 Å². The fourth-order valence-electron chi connectivity index (χ4n) is 1.99. The molecule has 1 fully saturated rings. The molecule has 7 heteroatoms. The summed E-state index contributed by atoms with van der Waals surface area (Å²) in [5.74, 6) is 0.0242. The Morgan fingerprint density at radius 2 is 2.44 bits per heavy atom. The van der Waals surface area contributed by atoms with Gasteiger partial charge < -0.3 is 10.6 Å². The zero-order chi connectivity index (χ0) is 12.3. The van der Waals surface area contributed by atoms with Crippen LogP contribution in [0.1, 0.15) is 12.1 Å². The smallest absolute Gasteiger partial charge is 0.240 e. The normalized spacial score (nSPS) is 19.6. The van der Waals surface area contributed by atoms with Crippen molar-refractivity contribution in [2.24, 2.45) is 0 Å². The Balaban J connectivity index is 0.00000162. The van der Waals surface area contributed by atoms with Gasteiger partial charge in [-0.25, -0.2) is 4.98 Å². The number of likely N-dealkylation sites (N-methyl/N-ethyl adjacent to an activating group) is 1. The maximum atomic E-state index is 11.8. The summed E-state index contributed by atoms with van der Waals surface area (Å²) in [6, 6.07) is 0.518. The van der Waals surface area contributed by atoms with Crippen LogP contribution in [0.2, 0.25) is 0 Å². The number of hydrogen-bond acceptors (Lipinski definition) is 5. The molecule has 1 saturated heterocycles. The van der Waals surface area contributed by atoms with Crippen molar-refractivity contribution < 1.29 is 4.79 Å². The van der Waals surface area contributed by atoms with Crippen molar-refractivity contribution in [1.29, 1.82) is 0 Å². The minimum atomic E-state index is 0. The van der Waals surface area contributed by atoms with Crippen molar-refractivity contribution in [3.05, 3.63) is 11.1 Å². The van der Waals surface area contributed by atoms with Gasteiger partial charge >= 0.3 is 0 Å². The predicted molar refractivity (Wildman–Crippen MR) is 76.6 cm³/mol. The molecule has 2 N–H and O–H groups in total. The predicted octanol–water partition coefficient (Wildman–Crippen LogP) is 1.11. The number of likely N-dealkylation sites (tertiary alicyclic amines) is 1. The highest BCUT2D eigenvalue weighted by Gasteiger charge is 2.22. The van der Waals surface area contributed by atoms with E-state index < -0.39 is 0 Å². The molecule has 1 atom stereocenters. The third kappa shape index (κ3) is 4.20. The molecule has 0 aromatic carbocycles. The maximum absolute atomic E-state index is 11.8. The second kappa shape index (κ2) is 7.04. The van der Waals surface area contributed by atoms with Gasteiger partial charge in [0.2, 0.25) is 5.91 Å². The second-order valence-electron chi connectivity index (χ2n) is 4.35. The van der Waals surface area contributed by atoms with Crippen LogP contribution >= 0.6 is 23.7 Å². The minimum absolute atomic E-state index is 0. The van der Waals surface area contributed by atoms with E-state index >= 15 is 0 Å². The third-order valence-electron chi connectivity index (χ3n) is 2.91. The van der Waals surface area contributed by atoms with E-state index in [4.69, 9.17) is 0 Å². The van der Waals surface area contributed by atoms with Crippen molar-refractivity contribution in [3.63, 3.8) is 0 Å². The van der Waals surface area contributed by atoms with Crippen LogP contribution in [0, 0.1) is 6.92 Å². The van der Waals surface area contributed by atoms with E-state index in [2.05, 4.69) is 20.5 Å². The summed E-state index contributed by atoms with van der Waals surface area (Å²) in [5, 5.41) is 8.69. The summed E-state index contributed by atoms with van der Waals surface area (Å²) < 4.78 is 0. The van der Waals surface area contributed by atoms with Crippen molar-refractivity contribution in [2.75, 3.05) is 32.0 Å². The van der Waals surface area contributed by atoms with E-state index in [1.54, 1.807) is 0 Å². The molecule has 2 heterocycles. The number of nitrogens with zero attached hydrogens (tertiary/aromatic N) is 2. The van der Waals surface area contributed by atoms with E-state index in [0.717, 1.165) is 25.2 Å². The average molecular weight is 291 g/mol. The summed E-state index contributed by atoms with van der Waals surface area (Å²) in [4.78, 5) is 18.1. The first-order valence-corrected chi connectivity index (χ1v) is 6.67. The summed E-state index contributed by atoms with van der Waals surface area (Å²) in [7, 11) is 1.96. The molecular formula is C11H19ClN4OS. The number of rotatable bonds is 4. The standard InChI is InChI=1S/C11H18N4OS.ClH/c1-8-7-17-11(13-8)14-10(16)6-15-4-3-9(5-15)12-2;/h7,9,12H,3-6H2,1-2H3,(H,13,14,16);1H. The largest absolute Gasteiger partial charge is 0.316 e. The van der Waals surface area contributed by atoms with Gasteiger partial charge in [0, 0.05) is 24.5 Å². The Labute approximate surface area is 117 Å². The lowest BCUT2D eigenvalue weighted by Gasteiger charge is -2.14. The molecule has 1 unspecified atom stereocenters. The Hall–Kier alpha value is -0.690. The number of amides is 1. The molecule has 102 valence electrons. The Morgan fingerprint density at radius 3 is 3.00 bits per heavy atom. The first kappa shape index (κ1) is 15.4. The van der Waals surface area contributed by atoms with E-state index in [-0.39, 0.29) is 18.3 Å². The van der Waals surface area contributed by atoms with Crippen molar-refractivity contribution in [2.45, 2.75) is 19.4 Å². The Bertz CT molecular complexity index is 398. The van der Waals surface area contributed by atoms with Gasteiger partial charge in [0.15, 0.2) is 5.13 Å². The highest BCUT2D eigenvalue weighted by Crippen LogP contribution is 2.14. The van der Waals surface area contributed by atoms with Gasteiger partial charge in [-0.05, 0) is 20.4 Å². The molecule has 2 rings (SSSR count). The topological polar surface area (TPSA) is 57.3 Å². The van der Waals surface area contributed by atoms with E-state index in [1.807, 2.05) is 19.4 Å². The molecule has 5 nitrogen and oxygen atoms in total. The molecule has 1 aromatic heterocycles. The van der Waals surface area contributed by atoms with Crippen molar-refractivity contribution >= 4 is 34.8 Å². The van der Waals surface area contributed by atoms with Gasteiger partial charge in [0.05, 0.1) is 12.2 Å². The van der Waals surface area contributed by atoms with Crippen LogP contribution in [0.5, 0.6) is 0 Å². The van der Waals surface area contributed by atoms with Crippen LogP contribution in [0.25, 0.3) is 0 Å². The van der Waals surface area contributed by atoms with Crippen LogP contribution in [0.3, 0.4) is 0 Å². The number of carbonyl (C=O) groups is 1. The monoisotopic (exact) mass is 290 g/mol. The quantitative estimate of drug-likeness (QED) is 0.872. The molecule has 1 amide bonds. The molecule has 0 bridgehead atoms. The molecule has 1 aliphatic rings. The van der Waals surface area contributed by atoms with Crippen molar-refractivity contribution in [3.8, 4) is 0 Å². The number of nitrogens with one attached hydrogen (secondary N) is 2. The van der Waals surface area contributed by atoms with Crippen LogP contribution in [-0.4, -0.2) is 48.5 Å². The number of hydrogen-bond donors (Lipinski definition) is 2. The molecular weight excluding hydrogens is 272 g/mol. The Kier molecular flexibility index (Phi) is 6.01. The number of halogens is 1. The summed E-state index contributed by atoms with van der Waals surface area (Å²) in [5.41, 5.74) is 0.946. The third-order valence-corrected chi connectivity index (χ3v) is 3.79. The minimum Gasteiger partial charge on any atom is -0.316 e. The molecule has 1 aliphatic heterocycles. The highest BCUT2D eigenvalue weighted by molar-refractivity contribution is 7.13. The number of aryl methyl sites for hydroxylation is 1. The van der Waals surface area contributed by atoms with Gasteiger partial charge in [0.25, 0.3) is 0 Å². The number of thiazole rings is 1. The van der Waals surface area contributed by atoms with Crippen LogP contribution in [0.15, 0.2) is 5.38 Å². The lowest BCUT2D eigenvalue weighted by atomic mass is 10.3. The fraction of sp³-hybridized carbons (Fsp3) is 0.636. The molecule has 1 aromatic rings. The molecule has 0 saturated carbocycles. The average Bonchev–Trinajstić information content (AvgIpc) is 2.88. The number of carbonyl (C=O) groups excluding carboxylic acids is 1. The summed E-state index contributed by atoms with van der Waals surface area (Å²) >= 11 is 1.47. The second-order valence-corrected chi connectivity index (χ2v) is 5.21. The Morgan fingerprint density at radius 1 is 1.67 bits per heavy atom. The summed E-state index contributed by atoms with van der Waals surface area (Å²) in [6.07, 6.45) is 1.11. The molecule has 0 aliphatic carbocycles. The van der Waals surface area contributed by atoms with Gasteiger partial charge in [-0.15, -0.1) is 23.7 Å². The van der Waals surface area contributed by atoms with Gasteiger partial charge in [-0.2, -0.15) is 0 Å². The van der Waals surface area contributed by atoms with E-state index in [9.17, 15) is 4.79 Å². The lowest BCUT2D eigenvalue weighted by Crippen LogP contribution is -2.34. The van der Waals surface area contributed by atoms with Gasteiger partial charge in [-0.3, -0.25) is 9.69 Å². The van der Waals surface area contributed by atoms with Gasteiger partial charge in [0.1, 0.15) is 0 Å². The number of aromatic nitrogens is 1. The zero-order valence-electron chi connectivity index (χ0n) is 10.6. The molecule has 0 radical (unpaired) electrons. The van der Waals surface area contributed by atoms with Crippen LogP contribution in [-0.2, 0) is 4.79 Å². The fourth-order valence-corrected chi connectivity index (χ4v) is 2.69. The first-order valence-electron chi connectivity index (χ1n) is 5.79.